The first-order valence-corrected chi connectivity index (χ1v) is 6.69. The van der Waals surface area contributed by atoms with Crippen molar-refractivity contribution in [1.82, 2.24) is 4.98 Å². The maximum Gasteiger partial charge on any atom is 0.236 e. The summed E-state index contributed by atoms with van der Waals surface area (Å²) in [5.74, 6) is 0. The first kappa shape index (κ1) is 13.1. The Bertz CT molecular complexity index is 804. The third kappa shape index (κ3) is 2.84. The van der Waals surface area contributed by atoms with E-state index in [4.69, 9.17) is 0 Å². The third-order valence-corrected chi connectivity index (χ3v) is 3.43. The maximum atomic E-state index is 10.6. The van der Waals surface area contributed by atoms with E-state index in [-0.39, 0.29) is 0 Å². The lowest BCUT2D eigenvalue weighted by Crippen LogP contribution is -1.90. The standard InChI is InChI=1S/C17H14N2O2/c20-19(21)11-10-17-15(12-13-6-2-1-3-7-13)14-8-4-5-9-16(14)18-17/h1-11,18H,12H2/b11-10+. The lowest BCUT2D eigenvalue weighted by atomic mass is 10.0. The van der Waals surface area contributed by atoms with E-state index in [2.05, 4.69) is 17.1 Å². The topological polar surface area (TPSA) is 58.9 Å². The molecule has 1 aromatic heterocycles. The number of H-pyrrole nitrogens is 1. The molecule has 21 heavy (non-hydrogen) atoms. The normalized spacial score (nSPS) is 11.2. The van der Waals surface area contributed by atoms with Crippen molar-refractivity contribution < 1.29 is 4.92 Å². The van der Waals surface area contributed by atoms with Crippen LogP contribution >= 0.6 is 0 Å². The molecule has 0 saturated carbocycles. The second kappa shape index (κ2) is 5.63. The van der Waals surface area contributed by atoms with Gasteiger partial charge in [-0.25, -0.2) is 0 Å². The number of hydrogen-bond donors (Lipinski definition) is 1. The molecule has 0 saturated heterocycles. The van der Waals surface area contributed by atoms with Gasteiger partial charge in [0.25, 0.3) is 0 Å². The van der Waals surface area contributed by atoms with Crippen LogP contribution in [-0.2, 0) is 6.42 Å². The van der Waals surface area contributed by atoms with E-state index in [0.717, 1.165) is 34.8 Å². The van der Waals surface area contributed by atoms with Crippen molar-refractivity contribution in [2.75, 3.05) is 0 Å². The summed E-state index contributed by atoms with van der Waals surface area (Å²) in [6, 6.07) is 18.0. The molecular formula is C17H14N2O2. The molecular weight excluding hydrogens is 264 g/mol. The zero-order valence-corrected chi connectivity index (χ0v) is 11.3. The van der Waals surface area contributed by atoms with Gasteiger partial charge >= 0.3 is 0 Å². The van der Waals surface area contributed by atoms with Gasteiger partial charge in [0, 0.05) is 29.1 Å². The van der Waals surface area contributed by atoms with E-state index in [1.165, 1.54) is 11.6 Å². The molecule has 1 heterocycles. The lowest BCUT2D eigenvalue weighted by molar-refractivity contribution is -0.401. The van der Waals surface area contributed by atoms with Gasteiger partial charge in [0.05, 0.1) is 4.92 Å². The SMILES string of the molecule is O=[N+]([O-])/C=C/c1[nH]c2ccccc2c1Cc1ccccc1. The summed E-state index contributed by atoms with van der Waals surface area (Å²) in [7, 11) is 0. The molecule has 0 bridgehead atoms. The van der Waals surface area contributed by atoms with Gasteiger partial charge in [0.15, 0.2) is 0 Å². The molecule has 4 nitrogen and oxygen atoms in total. The van der Waals surface area contributed by atoms with Gasteiger partial charge in [-0.3, -0.25) is 10.1 Å². The van der Waals surface area contributed by atoms with Gasteiger partial charge in [-0.1, -0.05) is 48.5 Å². The maximum absolute atomic E-state index is 10.6. The van der Waals surface area contributed by atoms with Crippen LogP contribution in [0.1, 0.15) is 16.8 Å². The molecule has 0 aliphatic heterocycles. The molecule has 104 valence electrons. The minimum atomic E-state index is -0.447. The molecule has 3 rings (SSSR count). The van der Waals surface area contributed by atoms with Crippen LogP contribution in [0.4, 0.5) is 0 Å². The summed E-state index contributed by atoms with van der Waals surface area (Å²) in [6.07, 6.45) is 3.24. The van der Waals surface area contributed by atoms with Gasteiger partial charge in [-0.05, 0) is 17.2 Å². The van der Waals surface area contributed by atoms with Crippen LogP contribution in [-0.4, -0.2) is 9.91 Å². The summed E-state index contributed by atoms with van der Waals surface area (Å²) in [4.78, 5) is 13.4. The Balaban J connectivity index is 2.09. The second-order valence-corrected chi connectivity index (χ2v) is 4.83. The average molecular weight is 278 g/mol. The van der Waals surface area contributed by atoms with Crippen LogP contribution in [0.5, 0.6) is 0 Å². The Kier molecular flexibility index (Phi) is 3.51. The number of aromatic amines is 1. The smallest absolute Gasteiger partial charge is 0.236 e. The summed E-state index contributed by atoms with van der Waals surface area (Å²) in [5.41, 5.74) is 4.04. The fraction of sp³-hybridized carbons (Fsp3) is 0.0588. The molecule has 4 heteroatoms. The number of hydrogen-bond acceptors (Lipinski definition) is 2. The largest absolute Gasteiger partial charge is 0.355 e. The molecule has 0 unspecified atom stereocenters. The van der Waals surface area contributed by atoms with Gasteiger partial charge in [0.1, 0.15) is 0 Å². The van der Waals surface area contributed by atoms with Gasteiger partial charge in [-0.15, -0.1) is 0 Å². The molecule has 0 aliphatic rings. The predicted octanol–water partition coefficient (Wildman–Crippen LogP) is 4.01. The second-order valence-electron chi connectivity index (χ2n) is 4.83. The van der Waals surface area contributed by atoms with Crippen LogP contribution < -0.4 is 0 Å². The highest BCUT2D eigenvalue weighted by Gasteiger charge is 2.10. The molecule has 2 aromatic carbocycles. The molecule has 0 radical (unpaired) electrons. The molecule has 0 atom stereocenters. The summed E-state index contributed by atoms with van der Waals surface area (Å²) < 4.78 is 0. The zero-order valence-electron chi connectivity index (χ0n) is 11.3. The lowest BCUT2D eigenvalue weighted by Gasteiger charge is -2.02. The van der Waals surface area contributed by atoms with Crippen LogP contribution in [0, 0.1) is 10.1 Å². The first-order chi connectivity index (χ1) is 10.2. The first-order valence-electron chi connectivity index (χ1n) is 6.69. The van der Waals surface area contributed by atoms with E-state index in [0.29, 0.717) is 0 Å². The number of benzene rings is 2. The van der Waals surface area contributed by atoms with Crippen molar-refractivity contribution in [3.05, 3.63) is 87.7 Å². The highest BCUT2D eigenvalue weighted by Crippen LogP contribution is 2.26. The Morgan fingerprint density at radius 2 is 1.76 bits per heavy atom. The molecule has 1 N–H and O–H groups in total. The minimum absolute atomic E-state index is 0.447. The van der Waals surface area contributed by atoms with Crippen molar-refractivity contribution in [2.45, 2.75) is 6.42 Å². The summed E-state index contributed by atoms with van der Waals surface area (Å²) in [6.45, 7) is 0. The van der Waals surface area contributed by atoms with E-state index in [1.807, 2.05) is 42.5 Å². The Morgan fingerprint density at radius 3 is 2.52 bits per heavy atom. The van der Waals surface area contributed by atoms with Crippen LogP contribution in [0.15, 0.2) is 60.8 Å². The highest BCUT2D eigenvalue weighted by molar-refractivity contribution is 5.87. The fourth-order valence-electron chi connectivity index (χ4n) is 2.49. The number of nitrogens with one attached hydrogen (secondary N) is 1. The molecule has 0 amide bonds. The molecule has 0 spiro atoms. The minimum Gasteiger partial charge on any atom is -0.355 e. The van der Waals surface area contributed by atoms with Gasteiger partial charge in [-0.2, -0.15) is 0 Å². The summed E-state index contributed by atoms with van der Waals surface area (Å²) in [5, 5.41) is 11.7. The number of aromatic nitrogens is 1. The molecule has 0 aliphatic carbocycles. The number of nitrogens with zero attached hydrogens (tertiary/aromatic N) is 1. The molecule has 0 fully saturated rings. The van der Waals surface area contributed by atoms with E-state index in [9.17, 15) is 10.1 Å². The van der Waals surface area contributed by atoms with Crippen molar-refractivity contribution in [2.24, 2.45) is 0 Å². The average Bonchev–Trinajstić information content (AvgIpc) is 2.84. The summed E-state index contributed by atoms with van der Waals surface area (Å²) >= 11 is 0. The van der Waals surface area contributed by atoms with E-state index >= 15 is 0 Å². The predicted molar refractivity (Wildman–Crippen MR) is 83.6 cm³/mol. The number of para-hydroxylation sites is 1. The third-order valence-electron chi connectivity index (χ3n) is 3.43. The monoisotopic (exact) mass is 278 g/mol. The zero-order chi connectivity index (χ0) is 14.7. The Hall–Kier alpha value is -2.88. The van der Waals surface area contributed by atoms with Crippen molar-refractivity contribution in [1.29, 1.82) is 0 Å². The highest BCUT2D eigenvalue weighted by atomic mass is 16.6. The van der Waals surface area contributed by atoms with Gasteiger partial charge in [0.2, 0.25) is 6.20 Å². The van der Waals surface area contributed by atoms with Crippen molar-refractivity contribution >= 4 is 17.0 Å². The van der Waals surface area contributed by atoms with Crippen molar-refractivity contribution in [3.8, 4) is 0 Å². The van der Waals surface area contributed by atoms with Crippen molar-refractivity contribution in [3.63, 3.8) is 0 Å². The van der Waals surface area contributed by atoms with Crippen LogP contribution in [0.2, 0.25) is 0 Å². The molecule has 3 aromatic rings. The number of rotatable bonds is 4. The Morgan fingerprint density at radius 1 is 1.05 bits per heavy atom. The number of fused-ring (bicyclic) bond motifs is 1. The van der Waals surface area contributed by atoms with E-state index < -0.39 is 4.92 Å². The van der Waals surface area contributed by atoms with Gasteiger partial charge < -0.3 is 4.98 Å². The van der Waals surface area contributed by atoms with Crippen LogP contribution in [0.25, 0.3) is 17.0 Å². The quantitative estimate of drug-likeness (QED) is 0.579. The van der Waals surface area contributed by atoms with Crippen LogP contribution in [0.3, 0.4) is 0 Å². The van der Waals surface area contributed by atoms with E-state index in [1.54, 1.807) is 0 Å². The Labute approximate surface area is 121 Å². The fourth-order valence-corrected chi connectivity index (χ4v) is 2.49. The number of nitro groups is 1.